The molecule has 1 aromatic carbocycles. The van der Waals surface area contributed by atoms with Crippen LogP contribution in [0.25, 0.3) is 0 Å². The van der Waals surface area contributed by atoms with Crippen molar-refractivity contribution in [2.45, 2.75) is 13.0 Å². The Morgan fingerprint density at radius 2 is 1.94 bits per heavy atom. The quantitative estimate of drug-likeness (QED) is 0.880. The van der Waals surface area contributed by atoms with Crippen molar-refractivity contribution in [1.82, 2.24) is 15.3 Å². The highest BCUT2D eigenvalue weighted by Crippen LogP contribution is 2.20. The molecule has 88 valence electrons. The van der Waals surface area contributed by atoms with Crippen LogP contribution in [-0.2, 0) is 0 Å². The molecule has 0 amide bonds. The number of hydrogen-bond donors (Lipinski definition) is 1. The monoisotopic (exact) mass is 231 g/mol. The van der Waals surface area contributed by atoms with Crippen molar-refractivity contribution in [2.75, 3.05) is 7.05 Å². The standard InChI is InChI=1S/C13H14FN3/c1-9-4-5-10(8-11(9)14)12(15-2)13-16-6-3-7-17-13/h3-8,12,15H,1-2H3. The molecule has 1 unspecified atom stereocenters. The SMILES string of the molecule is CNC(c1ccc(C)c(F)c1)c1ncccn1. The number of benzene rings is 1. The first kappa shape index (κ1) is 11.7. The number of rotatable bonds is 3. The van der Waals surface area contributed by atoms with Crippen LogP contribution in [0, 0.1) is 12.7 Å². The summed E-state index contributed by atoms with van der Waals surface area (Å²) in [6, 6.07) is 6.73. The van der Waals surface area contributed by atoms with E-state index in [0.29, 0.717) is 11.4 Å². The van der Waals surface area contributed by atoms with Crippen molar-refractivity contribution < 1.29 is 4.39 Å². The molecule has 17 heavy (non-hydrogen) atoms. The summed E-state index contributed by atoms with van der Waals surface area (Å²) in [6.45, 7) is 1.74. The molecule has 3 nitrogen and oxygen atoms in total. The minimum atomic E-state index is -0.210. The van der Waals surface area contributed by atoms with Gasteiger partial charge in [-0.2, -0.15) is 0 Å². The summed E-state index contributed by atoms with van der Waals surface area (Å²) < 4.78 is 13.5. The molecule has 0 fully saturated rings. The Labute approximate surface area is 99.7 Å². The molecule has 1 aromatic heterocycles. The molecule has 2 rings (SSSR count). The van der Waals surface area contributed by atoms with Gasteiger partial charge in [0.05, 0.1) is 6.04 Å². The van der Waals surface area contributed by atoms with Crippen LogP contribution in [0.2, 0.25) is 0 Å². The third kappa shape index (κ3) is 2.47. The van der Waals surface area contributed by atoms with Gasteiger partial charge in [-0.15, -0.1) is 0 Å². The van der Waals surface area contributed by atoms with Crippen LogP contribution >= 0.6 is 0 Å². The minimum Gasteiger partial charge on any atom is -0.307 e. The normalized spacial score (nSPS) is 12.4. The van der Waals surface area contributed by atoms with Crippen LogP contribution in [0.5, 0.6) is 0 Å². The summed E-state index contributed by atoms with van der Waals surface area (Å²) >= 11 is 0. The van der Waals surface area contributed by atoms with Gasteiger partial charge in [0.1, 0.15) is 11.6 Å². The largest absolute Gasteiger partial charge is 0.307 e. The van der Waals surface area contributed by atoms with E-state index in [9.17, 15) is 4.39 Å². The molecule has 0 spiro atoms. The van der Waals surface area contributed by atoms with E-state index >= 15 is 0 Å². The predicted octanol–water partition coefficient (Wildman–Crippen LogP) is 2.23. The minimum absolute atomic E-state index is 0.189. The maximum atomic E-state index is 13.5. The number of aryl methyl sites for hydroxylation is 1. The third-order valence-corrected chi connectivity index (χ3v) is 2.66. The van der Waals surface area contributed by atoms with Gasteiger partial charge >= 0.3 is 0 Å². The number of hydrogen-bond acceptors (Lipinski definition) is 3. The van der Waals surface area contributed by atoms with E-state index in [2.05, 4.69) is 15.3 Å². The summed E-state index contributed by atoms with van der Waals surface area (Å²) in [4.78, 5) is 8.36. The lowest BCUT2D eigenvalue weighted by atomic mass is 10.0. The van der Waals surface area contributed by atoms with Crippen LogP contribution in [0.15, 0.2) is 36.7 Å². The first-order valence-corrected chi connectivity index (χ1v) is 5.42. The smallest absolute Gasteiger partial charge is 0.149 e. The van der Waals surface area contributed by atoms with E-state index in [4.69, 9.17) is 0 Å². The summed E-state index contributed by atoms with van der Waals surface area (Å²) in [5.41, 5.74) is 1.46. The highest BCUT2D eigenvalue weighted by molar-refractivity contribution is 5.29. The van der Waals surface area contributed by atoms with E-state index in [1.54, 1.807) is 38.5 Å². The second-order valence-corrected chi connectivity index (χ2v) is 3.84. The zero-order chi connectivity index (χ0) is 12.3. The molecule has 1 heterocycles. The molecule has 0 bridgehead atoms. The van der Waals surface area contributed by atoms with Gasteiger partial charge < -0.3 is 5.32 Å². The number of nitrogens with one attached hydrogen (secondary N) is 1. The molecule has 0 aliphatic carbocycles. The lowest BCUT2D eigenvalue weighted by molar-refractivity contribution is 0.601. The van der Waals surface area contributed by atoms with Crippen molar-refractivity contribution in [3.8, 4) is 0 Å². The molecule has 4 heteroatoms. The van der Waals surface area contributed by atoms with Crippen molar-refractivity contribution in [3.63, 3.8) is 0 Å². The highest BCUT2D eigenvalue weighted by atomic mass is 19.1. The maximum absolute atomic E-state index is 13.5. The van der Waals surface area contributed by atoms with E-state index < -0.39 is 0 Å². The summed E-state index contributed by atoms with van der Waals surface area (Å²) in [7, 11) is 1.80. The van der Waals surface area contributed by atoms with Crippen LogP contribution in [0.4, 0.5) is 4.39 Å². The Bertz CT molecular complexity index is 499. The lowest BCUT2D eigenvalue weighted by Crippen LogP contribution is -2.20. The van der Waals surface area contributed by atoms with Crippen LogP contribution in [-0.4, -0.2) is 17.0 Å². The van der Waals surface area contributed by atoms with Gasteiger partial charge in [0.2, 0.25) is 0 Å². The molecule has 0 aliphatic rings. The Balaban J connectivity index is 2.39. The molecule has 0 aliphatic heterocycles. The fraction of sp³-hybridized carbons (Fsp3) is 0.231. The van der Waals surface area contributed by atoms with Gasteiger partial charge in [0.25, 0.3) is 0 Å². The van der Waals surface area contributed by atoms with Crippen LogP contribution < -0.4 is 5.32 Å². The van der Waals surface area contributed by atoms with Crippen molar-refractivity contribution >= 4 is 0 Å². The second-order valence-electron chi connectivity index (χ2n) is 3.84. The van der Waals surface area contributed by atoms with Gasteiger partial charge in [0, 0.05) is 12.4 Å². The number of aromatic nitrogens is 2. The van der Waals surface area contributed by atoms with E-state index in [1.165, 1.54) is 6.07 Å². The highest BCUT2D eigenvalue weighted by Gasteiger charge is 2.15. The summed E-state index contributed by atoms with van der Waals surface area (Å²) in [6.07, 6.45) is 3.36. The topological polar surface area (TPSA) is 37.8 Å². The Hall–Kier alpha value is -1.81. The second kappa shape index (κ2) is 5.01. The molecule has 0 radical (unpaired) electrons. The van der Waals surface area contributed by atoms with Crippen molar-refractivity contribution in [3.05, 3.63) is 59.4 Å². The van der Waals surface area contributed by atoms with Crippen LogP contribution in [0.3, 0.4) is 0 Å². The average molecular weight is 231 g/mol. The van der Waals surface area contributed by atoms with Crippen molar-refractivity contribution in [1.29, 1.82) is 0 Å². The van der Waals surface area contributed by atoms with Gasteiger partial charge in [0.15, 0.2) is 0 Å². The molecular weight excluding hydrogens is 217 g/mol. The predicted molar refractivity (Wildman–Crippen MR) is 64.1 cm³/mol. The molecule has 2 aromatic rings. The maximum Gasteiger partial charge on any atom is 0.149 e. The van der Waals surface area contributed by atoms with Gasteiger partial charge in [-0.05, 0) is 37.2 Å². The first-order chi connectivity index (χ1) is 8.22. The molecule has 0 saturated heterocycles. The first-order valence-electron chi connectivity index (χ1n) is 5.42. The number of nitrogens with zero attached hydrogens (tertiary/aromatic N) is 2. The average Bonchev–Trinajstić information content (AvgIpc) is 2.36. The summed E-state index contributed by atoms with van der Waals surface area (Å²) in [5.74, 6) is 0.428. The zero-order valence-electron chi connectivity index (χ0n) is 9.81. The van der Waals surface area contributed by atoms with E-state index in [1.807, 2.05) is 6.07 Å². The Morgan fingerprint density at radius 3 is 2.53 bits per heavy atom. The van der Waals surface area contributed by atoms with E-state index in [-0.39, 0.29) is 11.9 Å². The van der Waals surface area contributed by atoms with Crippen LogP contribution in [0.1, 0.15) is 23.0 Å². The van der Waals surface area contributed by atoms with Gasteiger partial charge in [-0.1, -0.05) is 12.1 Å². The third-order valence-electron chi connectivity index (χ3n) is 2.66. The number of halogens is 1. The fourth-order valence-corrected chi connectivity index (χ4v) is 1.69. The van der Waals surface area contributed by atoms with Crippen molar-refractivity contribution in [2.24, 2.45) is 0 Å². The van der Waals surface area contributed by atoms with Gasteiger partial charge in [-0.3, -0.25) is 0 Å². The lowest BCUT2D eigenvalue weighted by Gasteiger charge is -2.15. The fourth-order valence-electron chi connectivity index (χ4n) is 1.69. The molecule has 1 N–H and O–H groups in total. The molecule has 0 saturated carbocycles. The summed E-state index contributed by atoms with van der Waals surface area (Å²) in [5, 5.41) is 3.09. The molecular formula is C13H14FN3. The Kier molecular flexibility index (Phi) is 3.44. The van der Waals surface area contributed by atoms with Gasteiger partial charge in [-0.25, -0.2) is 14.4 Å². The Morgan fingerprint density at radius 1 is 1.24 bits per heavy atom. The molecule has 1 atom stereocenters. The van der Waals surface area contributed by atoms with E-state index in [0.717, 1.165) is 5.56 Å². The zero-order valence-corrected chi connectivity index (χ0v) is 9.81.